The fourth-order valence-corrected chi connectivity index (χ4v) is 3.50. The first-order chi connectivity index (χ1) is 8.06. The second-order valence-corrected chi connectivity index (χ2v) is 5.83. The van der Waals surface area contributed by atoms with Gasteiger partial charge in [-0.2, -0.15) is 0 Å². The van der Waals surface area contributed by atoms with Crippen LogP contribution in [0.4, 0.5) is 0 Å². The predicted molar refractivity (Wildman–Crippen MR) is 76.3 cm³/mol. The van der Waals surface area contributed by atoms with Crippen molar-refractivity contribution in [2.75, 3.05) is 20.6 Å². The third kappa shape index (κ3) is 3.32. The highest BCUT2D eigenvalue weighted by Crippen LogP contribution is 2.39. The Hall–Kier alpha value is -0.340. The minimum atomic E-state index is 0.321. The fourth-order valence-electron chi connectivity index (χ4n) is 3.50. The van der Waals surface area contributed by atoms with E-state index in [4.69, 9.17) is 0 Å². The van der Waals surface area contributed by atoms with E-state index in [9.17, 15) is 0 Å². The largest absolute Gasteiger partial charge is 0.312 e. The summed E-state index contributed by atoms with van der Waals surface area (Å²) in [6, 6.07) is 0.544. The standard InChI is InChI=1S/C15H30N2/c1-6-9-14(16-7-2)15(17(4)5)11-8-10-13(3)12-15/h6,13-14,16H,1,7-12H2,2-5H3. The number of hydrogen-bond acceptors (Lipinski definition) is 2. The first-order valence-electron chi connectivity index (χ1n) is 7.08. The predicted octanol–water partition coefficient (Wildman–Crippen LogP) is 3.05. The summed E-state index contributed by atoms with van der Waals surface area (Å²) in [6.07, 6.45) is 8.51. The summed E-state index contributed by atoms with van der Waals surface area (Å²) in [5.74, 6) is 0.845. The third-order valence-corrected chi connectivity index (χ3v) is 4.40. The van der Waals surface area contributed by atoms with E-state index in [1.807, 2.05) is 0 Å². The SMILES string of the molecule is C=CCC(NCC)C1(N(C)C)CCCC(C)C1. The molecule has 0 aromatic carbocycles. The van der Waals surface area contributed by atoms with Gasteiger partial charge in [-0.15, -0.1) is 6.58 Å². The van der Waals surface area contributed by atoms with Crippen molar-refractivity contribution in [3.63, 3.8) is 0 Å². The minimum absolute atomic E-state index is 0.321. The van der Waals surface area contributed by atoms with Gasteiger partial charge in [0.05, 0.1) is 0 Å². The van der Waals surface area contributed by atoms with Gasteiger partial charge in [-0.05, 0) is 45.8 Å². The van der Waals surface area contributed by atoms with Gasteiger partial charge >= 0.3 is 0 Å². The van der Waals surface area contributed by atoms with Crippen LogP contribution >= 0.6 is 0 Å². The molecule has 0 aromatic heterocycles. The highest BCUT2D eigenvalue weighted by atomic mass is 15.2. The topological polar surface area (TPSA) is 15.3 Å². The van der Waals surface area contributed by atoms with Gasteiger partial charge in [0.25, 0.3) is 0 Å². The number of hydrogen-bond donors (Lipinski definition) is 1. The first-order valence-corrected chi connectivity index (χ1v) is 7.08. The van der Waals surface area contributed by atoms with E-state index < -0.39 is 0 Å². The Labute approximate surface area is 107 Å². The second-order valence-electron chi connectivity index (χ2n) is 5.83. The van der Waals surface area contributed by atoms with E-state index in [2.05, 4.69) is 50.8 Å². The van der Waals surface area contributed by atoms with E-state index in [0.717, 1.165) is 18.9 Å². The zero-order valence-corrected chi connectivity index (χ0v) is 12.1. The average molecular weight is 238 g/mol. The van der Waals surface area contributed by atoms with Crippen molar-refractivity contribution in [2.45, 2.75) is 57.5 Å². The fraction of sp³-hybridized carbons (Fsp3) is 0.867. The Morgan fingerprint density at radius 1 is 1.53 bits per heavy atom. The van der Waals surface area contributed by atoms with Gasteiger partial charge in [-0.1, -0.05) is 32.8 Å². The van der Waals surface area contributed by atoms with Crippen LogP contribution in [-0.4, -0.2) is 37.1 Å². The van der Waals surface area contributed by atoms with Crippen molar-refractivity contribution in [3.8, 4) is 0 Å². The van der Waals surface area contributed by atoms with Gasteiger partial charge in [0.1, 0.15) is 0 Å². The van der Waals surface area contributed by atoms with Crippen molar-refractivity contribution >= 4 is 0 Å². The Morgan fingerprint density at radius 2 is 2.24 bits per heavy atom. The molecule has 1 rings (SSSR count). The Bertz CT molecular complexity index is 237. The summed E-state index contributed by atoms with van der Waals surface area (Å²) in [6.45, 7) is 9.57. The van der Waals surface area contributed by atoms with Crippen LogP contribution in [0.1, 0.15) is 46.0 Å². The molecule has 1 aliphatic rings. The number of likely N-dealkylation sites (N-methyl/N-ethyl adjacent to an activating group) is 2. The monoisotopic (exact) mass is 238 g/mol. The summed E-state index contributed by atoms with van der Waals surface area (Å²) >= 11 is 0. The third-order valence-electron chi connectivity index (χ3n) is 4.40. The Balaban J connectivity index is 2.89. The van der Waals surface area contributed by atoms with E-state index in [1.165, 1.54) is 25.7 Å². The lowest BCUT2D eigenvalue weighted by molar-refractivity contribution is 0.0388. The zero-order chi connectivity index (χ0) is 12.9. The summed E-state index contributed by atoms with van der Waals surface area (Å²) < 4.78 is 0. The second kappa shape index (κ2) is 6.55. The normalized spacial score (nSPS) is 31.5. The summed E-state index contributed by atoms with van der Waals surface area (Å²) in [4.78, 5) is 2.46. The molecule has 0 bridgehead atoms. The van der Waals surface area contributed by atoms with Crippen LogP contribution in [0, 0.1) is 5.92 Å². The van der Waals surface area contributed by atoms with Gasteiger partial charge < -0.3 is 10.2 Å². The zero-order valence-electron chi connectivity index (χ0n) is 12.1. The molecule has 2 heteroatoms. The molecule has 1 aliphatic carbocycles. The summed E-state index contributed by atoms with van der Waals surface area (Å²) in [5.41, 5.74) is 0.321. The highest BCUT2D eigenvalue weighted by molar-refractivity contribution is 5.03. The van der Waals surface area contributed by atoms with Crippen LogP contribution in [0.25, 0.3) is 0 Å². The molecule has 0 spiro atoms. The van der Waals surface area contributed by atoms with Crippen LogP contribution in [0.2, 0.25) is 0 Å². The molecule has 100 valence electrons. The van der Waals surface area contributed by atoms with Crippen LogP contribution < -0.4 is 5.32 Å². The Morgan fingerprint density at radius 3 is 2.71 bits per heavy atom. The van der Waals surface area contributed by atoms with Crippen LogP contribution in [0.15, 0.2) is 12.7 Å². The van der Waals surface area contributed by atoms with E-state index >= 15 is 0 Å². The lowest BCUT2D eigenvalue weighted by atomic mass is 9.70. The quantitative estimate of drug-likeness (QED) is 0.716. The first kappa shape index (κ1) is 14.7. The molecule has 0 heterocycles. The molecule has 2 nitrogen and oxygen atoms in total. The highest BCUT2D eigenvalue weighted by Gasteiger charge is 2.42. The average Bonchev–Trinajstić information content (AvgIpc) is 2.28. The van der Waals surface area contributed by atoms with Gasteiger partial charge in [0, 0.05) is 11.6 Å². The van der Waals surface area contributed by atoms with Crippen LogP contribution in [-0.2, 0) is 0 Å². The summed E-state index contributed by atoms with van der Waals surface area (Å²) in [7, 11) is 4.48. The van der Waals surface area contributed by atoms with Gasteiger partial charge in [-0.25, -0.2) is 0 Å². The van der Waals surface area contributed by atoms with Crippen molar-refractivity contribution in [1.29, 1.82) is 0 Å². The van der Waals surface area contributed by atoms with E-state index in [1.54, 1.807) is 0 Å². The van der Waals surface area contributed by atoms with Gasteiger partial charge in [0.2, 0.25) is 0 Å². The number of nitrogens with zero attached hydrogens (tertiary/aromatic N) is 1. The maximum Gasteiger partial charge on any atom is 0.0361 e. The molecular formula is C15H30N2. The summed E-state index contributed by atoms with van der Waals surface area (Å²) in [5, 5.41) is 3.68. The molecule has 0 radical (unpaired) electrons. The van der Waals surface area contributed by atoms with E-state index in [0.29, 0.717) is 11.6 Å². The molecule has 0 aromatic rings. The molecule has 17 heavy (non-hydrogen) atoms. The van der Waals surface area contributed by atoms with Gasteiger partial charge in [-0.3, -0.25) is 0 Å². The maximum absolute atomic E-state index is 3.93. The van der Waals surface area contributed by atoms with Crippen molar-refractivity contribution in [3.05, 3.63) is 12.7 Å². The van der Waals surface area contributed by atoms with Crippen molar-refractivity contribution in [1.82, 2.24) is 10.2 Å². The van der Waals surface area contributed by atoms with Crippen molar-refractivity contribution < 1.29 is 0 Å². The maximum atomic E-state index is 3.93. The van der Waals surface area contributed by atoms with Crippen molar-refractivity contribution in [2.24, 2.45) is 5.92 Å². The molecule has 1 N–H and O–H groups in total. The molecule has 0 saturated heterocycles. The molecule has 0 aliphatic heterocycles. The Kier molecular flexibility index (Phi) is 5.68. The number of nitrogens with one attached hydrogen (secondary N) is 1. The molecule has 1 fully saturated rings. The molecular weight excluding hydrogens is 208 g/mol. The number of rotatable bonds is 6. The van der Waals surface area contributed by atoms with E-state index in [-0.39, 0.29) is 0 Å². The molecule has 1 saturated carbocycles. The molecule has 3 atom stereocenters. The molecule has 3 unspecified atom stereocenters. The van der Waals surface area contributed by atoms with Crippen LogP contribution in [0.5, 0.6) is 0 Å². The lowest BCUT2D eigenvalue weighted by Gasteiger charge is -2.50. The van der Waals surface area contributed by atoms with Crippen LogP contribution in [0.3, 0.4) is 0 Å². The lowest BCUT2D eigenvalue weighted by Crippen LogP contribution is -2.60. The molecule has 0 amide bonds. The smallest absolute Gasteiger partial charge is 0.0361 e. The minimum Gasteiger partial charge on any atom is -0.312 e. The van der Waals surface area contributed by atoms with Gasteiger partial charge in [0.15, 0.2) is 0 Å².